The summed E-state index contributed by atoms with van der Waals surface area (Å²) in [6.45, 7) is 3.83. The normalized spacial score (nSPS) is 11.0. The lowest BCUT2D eigenvalue weighted by Crippen LogP contribution is -2.48. The molecule has 0 radical (unpaired) electrons. The number of para-hydroxylation sites is 1. The van der Waals surface area contributed by atoms with Crippen molar-refractivity contribution in [2.75, 3.05) is 19.0 Å². The van der Waals surface area contributed by atoms with Gasteiger partial charge in [0.25, 0.3) is 0 Å². The summed E-state index contributed by atoms with van der Waals surface area (Å²) >= 11 is 0. The van der Waals surface area contributed by atoms with Crippen molar-refractivity contribution in [2.24, 2.45) is 0 Å². The quantitative estimate of drug-likeness (QED) is 0.342. The van der Waals surface area contributed by atoms with E-state index in [1.54, 1.807) is 44.3 Å². The van der Waals surface area contributed by atoms with Crippen LogP contribution in [0.3, 0.4) is 0 Å². The number of aryl methyl sites for hydroxylation is 1. The van der Waals surface area contributed by atoms with Crippen molar-refractivity contribution in [1.29, 1.82) is 0 Å². The van der Waals surface area contributed by atoms with Crippen LogP contribution < -0.4 is 20.1 Å². The lowest BCUT2D eigenvalue weighted by molar-refractivity contribution is -0.137. The van der Waals surface area contributed by atoms with E-state index < -0.39 is 23.3 Å². The van der Waals surface area contributed by atoms with E-state index >= 15 is 0 Å². The number of hydrogen-bond donors (Lipinski definition) is 3. The molecule has 3 aromatic rings. The Hall–Kier alpha value is -4.34. The Morgan fingerprint density at radius 1 is 1.08 bits per heavy atom. The van der Waals surface area contributed by atoms with E-state index in [2.05, 4.69) is 15.6 Å². The summed E-state index contributed by atoms with van der Waals surface area (Å²) in [5, 5.41) is 14.2. The lowest BCUT2D eigenvalue weighted by atomic mass is 10.0. The van der Waals surface area contributed by atoms with Gasteiger partial charge in [-0.25, -0.2) is 4.98 Å². The molecule has 36 heavy (non-hydrogen) atoms. The molecule has 0 atom stereocenters. The zero-order chi connectivity index (χ0) is 26.1. The van der Waals surface area contributed by atoms with Crippen LogP contribution in [0.1, 0.15) is 32.3 Å². The minimum atomic E-state index is -0.879. The molecule has 3 rings (SSSR count). The Labute approximate surface area is 208 Å². The molecule has 1 aromatic heterocycles. The third-order valence-electron chi connectivity index (χ3n) is 5.38. The SMILES string of the molecule is COc1cc(NC(=O)C(=O)NC(C)(C)CCOc2ccccc2CCC(=O)O)ccc1-c1cnco1. The highest BCUT2D eigenvalue weighted by Crippen LogP contribution is 2.32. The standard InChI is InChI=1S/C26H29N3O7/c1-26(2,12-13-35-20-7-5-4-6-17(20)8-11-23(30)31)29-25(33)24(32)28-18-9-10-19(21(14-18)34-3)22-15-27-16-36-22/h4-7,9-10,14-16H,8,11-13H2,1-3H3,(H,28,32)(H,29,33)(H,30,31). The van der Waals surface area contributed by atoms with Gasteiger partial charge in [0.2, 0.25) is 0 Å². The van der Waals surface area contributed by atoms with Crippen molar-refractivity contribution < 1.29 is 33.4 Å². The highest BCUT2D eigenvalue weighted by Gasteiger charge is 2.25. The molecule has 0 saturated heterocycles. The van der Waals surface area contributed by atoms with Crippen LogP contribution >= 0.6 is 0 Å². The molecular formula is C26H29N3O7. The van der Waals surface area contributed by atoms with E-state index in [9.17, 15) is 14.4 Å². The fourth-order valence-electron chi connectivity index (χ4n) is 3.44. The largest absolute Gasteiger partial charge is 0.496 e. The molecule has 2 aromatic carbocycles. The van der Waals surface area contributed by atoms with Gasteiger partial charge >= 0.3 is 17.8 Å². The Balaban J connectivity index is 1.54. The lowest BCUT2D eigenvalue weighted by Gasteiger charge is -2.26. The van der Waals surface area contributed by atoms with Gasteiger partial charge in [0.1, 0.15) is 11.5 Å². The maximum absolute atomic E-state index is 12.5. The van der Waals surface area contributed by atoms with Crippen molar-refractivity contribution in [2.45, 2.75) is 38.6 Å². The third kappa shape index (κ3) is 7.33. The highest BCUT2D eigenvalue weighted by molar-refractivity contribution is 6.39. The molecule has 0 spiro atoms. The fraction of sp³-hybridized carbons (Fsp3) is 0.308. The molecule has 0 saturated carbocycles. The van der Waals surface area contributed by atoms with Crippen LogP contribution in [-0.4, -0.2) is 47.1 Å². The topological polar surface area (TPSA) is 140 Å². The van der Waals surface area contributed by atoms with E-state index in [4.69, 9.17) is 19.0 Å². The molecule has 0 bridgehead atoms. The van der Waals surface area contributed by atoms with E-state index in [1.165, 1.54) is 13.5 Å². The Morgan fingerprint density at radius 3 is 2.56 bits per heavy atom. The molecule has 2 amide bonds. The number of anilines is 1. The van der Waals surface area contributed by atoms with Crippen LogP contribution in [-0.2, 0) is 20.8 Å². The number of nitrogens with zero attached hydrogens (tertiary/aromatic N) is 1. The molecule has 0 aliphatic rings. The first kappa shape index (κ1) is 26.3. The second-order valence-electron chi connectivity index (χ2n) is 8.67. The summed E-state index contributed by atoms with van der Waals surface area (Å²) in [5.41, 5.74) is 1.10. The van der Waals surface area contributed by atoms with Crippen LogP contribution in [0, 0.1) is 0 Å². The second-order valence-corrected chi connectivity index (χ2v) is 8.67. The summed E-state index contributed by atoms with van der Waals surface area (Å²) in [4.78, 5) is 39.8. The molecule has 0 unspecified atom stereocenters. The molecule has 0 aliphatic heterocycles. The fourth-order valence-corrected chi connectivity index (χ4v) is 3.44. The molecule has 10 heteroatoms. The monoisotopic (exact) mass is 495 g/mol. The van der Waals surface area contributed by atoms with Gasteiger partial charge in [-0.1, -0.05) is 18.2 Å². The first-order chi connectivity index (χ1) is 17.2. The number of carbonyl (C=O) groups is 3. The second kappa shape index (κ2) is 11.9. The van der Waals surface area contributed by atoms with Crippen LogP contribution in [0.2, 0.25) is 0 Å². The van der Waals surface area contributed by atoms with Crippen molar-refractivity contribution >= 4 is 23.5 Å². The molecular weight excluding hydrogens is 466 g/mol. The van der Waals surface area contributed by atoms with Gasteiger partial charge in [0.05, 0.1) is 25.5 Å². The van der Waals surface area contributed by atoms with Crippen LogP contribution in [0.4, 0.5) is 5.69 Å². The number of oxazole rings is 1. The average Bonchev–Trinajstić information content (AvgIpc) is 3.37. The molecule has 0 aliphatic carbocycles. The van der Waals surface area contributed by atoms with Gasteiger partial charge in [0, 0.05) is 30.1 Å². The third-order valence-corrected chi connectivity index (χ3v) is 5.38. The molecule has 3 N–H and O–H groups in total. The maximum atomic E-state index is 12.5. The molecule has 0 fully saturated rings. The highest BCUT2D eigenvalue weighted by atomic mass is 16.5. The summed E-state index contributed by atoms with van der Waals surface area (Å²) in [5.74, 6) is -0.933. The van der Waals surface area contributed by atoms with Crippen molar-refractivity contribution in [3.8, 4) is 22.8 Å². The van der Waals surface area contributed by atoms with Crippen molar-refractivity contribution in [3.05, 3.63) is 60.6 Å². The number of carboxylic acids is 1. The number of nitrogens with one attached hydrogen (secondary N) is 2. The predicted molar refractivity (Wildman–Crippen MR) is 132 cm³/mol. The number of benzene rings is 2. The number of ether oxygens (including phenoxy) is 2. The molecule has 1 heterocycles. The number of carboxylic acid groups (broad SMARTS) is 1. The van der Waals surface area contributed by atoms with Crippen molar-refractivity contribution in [3.63, 3.8) is 0 Å². The van der Waals surface area contributed by atoms with E-state index in [0.29, 0.717) is 41.4 Å². The van der Waals surface area contributed by atoms with E-state index in [1.807, 2.05) is 18.2 Å². The van der Waals surface area contributed by atoms with Gasteiger partial charge in [-0.15, -0.1) is 0 Å². The first-order valence-electron chi connectivity index (χ1n) is 11.3. The number of methoxy groups -OCH3 is 1. The van der Waals surface area contributed by atoms with Crippen LogP contribution in [0.5, 0.6) is 11.5 Å². The molecule has 190 valence electrons. The van der Waals surface area contributed by atoms with E-state index in [0.717, 1.165) is 5.56 Å². The number of amides is 2. The van der Waals surface area contributed by atoms with Gasteiger partial charge < -0.3 is 29.6 Å². The minimum absolute atomic E-state index is 0.00565. The van der Waals surface area contributed by atoms with Crippen molar-refractivity contribution in [1.82, 2.24) is 10.3 Å². The smallest absolute Gasteiger partial charge is 0.313 e. The average molecular weight is 496 g/mol. The summed E-state index contributed by atoms with van der Waals surface area (Å²) in [6, 6.07) is 12.1. The minimum Gasteiger partial charge on any atom is -0.496 e. The zero-order valence-electron chi connectivity index (χ0n) is 20.4. The number of aromatic nitrogens is 1. The Kier molecular flexibility index (Phi) is 8.66. The van der Waals surface area contributed by atoms with Gasteiger partial charge in [0.15, 0.2) is 12.2 Å². The number of aliphatic carboxylic acids is 1. The first-order valence-corrected chi connectivity index (χ1v) is 11.3. The Bertz CT molecular complexity index is 1210. The molecule has 10 nitrogen and oxygen atoms in total. The summed E-state index contributed by atoms with van der Waals surface area (Å²) in [7, 11) is 1.49. The predicted octanol–water partition coefficient (Wildman–Crippen LogP) is 3.67. The summed E-state index contributed by atoms with van der Waals surface area (Å²) < 4.78 is 16.5. The zero-order valence-corrected chi connectivity index (χ0v) is 20.4. The maximum Gasteiger partial charge on any atom is 0.313 e. The van der Waals surface area contributed by atoms with Gasteiger partial charge in [-0.05, 0) is 44.0 Å². The van der Waals surface area contributed by atoms with Crippen LogP contribution in [0.15, 0.2) is 59.5 Å². The number of rotatable bonds is 11. The number of carbonyl (C=O) groups excluding carboxylic acids is 2. The van der Waals surface area contributed by atoms with Crippen LogP contribution in [0.25, 0.3) is 11.3 Å². The Morgan fingerprint density at radius 2 is 1.86 bits per heavy atom. The van der Waals surface area contributed by atoms with Gasteiger partial charge in [-0.2, -0.15) is 0 Å². The summed E-state index contributed by atoms with van der Waals surface area (Å²) in [6.07, 6.45) is 3.63. The van der Waals surface area contributed by atoms with E-state index in [-0.39, 0.29) is 13.0 Å². The number of hydrogen-bond acceptors (Lipinski definition) is 7. The van der Waals surface area contributed by atoms with Gasteiger partial charge in [-0.3, -0.25) is 14.4 Å².